The molecule has 0 radical (unpaired) electrons. The summed E-state index contributed by atoms with van der Waals surface area (Å²) < 4.78 is 20.3. The molecule has 1 N–H and O–H groups in total. The topological polar surface area (TPSA) is 29.5 Å². The fourth-order valence-corrected chi connectivity index (χ4v) is 3.45. The Balaban J connectivity index is 1.91. The number of hydrogen-bond donors (Lipinski definition) is 1. The molecule has 0 aliphatic heterocycles. The highest BCUT2D eigenvalue weighted by Gasteiger charge is 2.17. The largest absolute Gasteiger partial charge is 0.494 e. The molecule has 2 aromatic carbocycles. The van der Waals surface area contributed by atoms with Crippen molar-refractivity contribution >= 4 is 21.4 Å². The molecule has 0 aliphatic rings. The van der Waals surface area contributed by atoms with E-state index >= 15 is 0 Å². The zero-order valence-electron chi connectivity index (χ0n) is 11.5. The Bertz CT molecular complexity index is 766. The predicted octanol–water partition coefficient (Wildman–Crippen LogP) is 4.33. The van der Waals surface area contributed by atoms with E-state index in [1.165, 1.54) is 7.11 Å². The van der Waals surface area contributed by atoms with Gasteiger partial charge < -0.3 is 9.84 Å². The molecule has 2 nitrogen and oxygen atoms in total. The van der Waals surface area contributed by atoms with Gasteiger partial charge in [0.1, 0.15) is 0 Å². The number of thiophene rings is 1. The maximum atomic E-state index is 14.2. The lowest BCUT2D eigenvalue weighted by molar-refractivity contribution is 0.179. The van der Waals surface area contributed by atoms with Gasteiger partial charge in [-0.05, 0) is 34.0 Å². The zero-order valence-corrected chi connectivity index (χ0v) is 12.4. The Morgan fingerprint density at radius 2 is 2.00 bits per heavy atom. The van der Waals surface area contributed by atoms with Gasteiger partial charge in [0.05, 0.1) is 13.2 Å². The summed E-state index contributed by atoms with van der Waals surface area (Å²) >= 11 is 1.59. The van der Waals surface area contributed by atoms with E-state index in [9.17, 15) is 9.50 Å². The van der Waals surface area contributed by atoms with Crippen LogP contribution < -0.4 is 4.74 Å². The first kappa shape index (κ1) is 14.0. The Hall–Kier alpha value is -1.91. The van der Waals surface area contributed by atoms with Crippen molar-refractivity contribution in [2.45, 2.75) is 12.5 Å². The highest BCUT2D eigenvalue weighted by atomic mass is 32.1. The van der Waals surface area contributed by atoms with Crippen LogP contribution in [-0.4, -0.2) is 12.2 Å². The number of aliphatic hydroxyl groups is 1. The average molecular weight is 302 g/mol. The molecular formula is C17H15FO2S. The Morgan fingerprint density at radius 1 is 1.19 bits per heavy atom. The second kappa shape index (κ2) is 5.84. The molecule has 0 aliphatic carbocycles. The van der Waals surface area contributed by atoms with Crippen LogP contribution in [0.4, 0.5) is 4.39 Å². The fourth-order valence-electron chi connectivity index (χ4n) is 2.45. The summed E-state index contributed by atoms with van der Waals surface area (Å²) in [7, 11) is 1.44. The zero-order chi connectivity index (χ0) is 14.8. The average Bonchev–Trinajstić information content (AvgIpc) is 2.93. The van der Waals surface area contributed by atoms with Crippen molar-refractivity contribution in [2.75, 3.05) is 7.11 Å². The minimum Gasteiger partial charge on any atom is -0.494 e. The van der Waals surface area contributed by atoms with Gasteiger partial charge in [-0.1, -0.05) is 30.3 Å². The lowest BCUT2D eigenvalue weighted by Crippen LogP contribution is -2.04. The molecule has 1 aromatic heterocycles. The van der Waals surface area contributed by atoms with Gasteiger partial charge in [-0.2, -0.15) is 0 Å². The quantitative estimate of drug-likeness (QED) is 0.777. The standard InChI is InChI=1S/C17H15FO2S/c1-20-15-7-4-5-11(17(15)18)9-14(19)13-10-21-16-8-3-2-6-12(13)16/h2-8,10,14,19H,9H2,1H3. The van der Waals surface area contributed by atoms with Crippen LogP contribution in [0, 0.1) is 5.82 Å². The third-order valence-corrected chi connectivity index (χ3v) is 4.53. The number of hydrogen-bond acceptors (Lipinski definition) is 3. The number of ether oxygens (including phenoxy) is 1. The van der Waals surface area contributed by atoms with E-state index in [1.807, 2.05) is 29.6 Å². The monoisotopic (exact) mass is 302 g/mol. The first-order valence-electron chi connectivity index (χ1n) is 6.66. The Morgan fingerprint density at radius 3 is 2.81 bits per heavy atom. The summed E-state index contributed by atoms with van der Waals surface area (Å²) in [5, 5.41) is 13.4. The van der Waals surface area contributed by atoms with E-state index in [0.29, 0.717) is 5.56 Å². The maximum Gasteiger partial charge on any atom is 0.168 e. The second-order valence-corrected chi connectivity index (χ2v) is 5.75. The summed E-state index contributed by atoms with van der Waals surface area (Å²) in [5.41, 5.74) is 1.30. The van der Waals surface area contributed by atoms with Crippen LogP contribution in [-0.2, 0) is 6.42 Å². The van der Waals surface area contributed by atoms with Gasteiger partial charge in [0, 0.05) is 11.1 Å². The smallest absolute Gasteiger partial charge is 0.168 e. The summed E-state index contributed by atoms with van der Waals surface area (Å²) in [6.45, 7) is 0. The van der Waals surface area contributed by atoms with Crippen LogP contribution >= 0.6 is 11.3 Å². The molecule has 108 valence electrons. The van der Waals surface area contributed by atoms with Crippen molar-refractivity contribution in [2.24, 2.45) is 0 Å². The Labute approximate surface area is 126 Å². The van der Waals surface area contributed by atoms with Gasteiger partial charge in [-0.3, -0.25) is 0 Å². The van der Waals surface area contributed by atoms with Gasteiger partial charge in [0.2, 0.25) is 0 Å². The van der Waals surface area contributed by atoms with Crippen LogP contribution in [0.5, 0.6) is 5.75 Å². The molecule has 0 spiro atoms. The van der Waals surface area contributed by atoms with E-state index in [-0.39, 0.29) is 12.2 Å². The molecule has 21 heavy (non-hydrogen) atoms. The van der Waals surface area contributed by atoms with E-state index in [4.69, 9.17) is 4.74 Å². The van der Waals surface area contributed by atoms with Crippen LogP contribution in [0.15, 0.2) is 47.8 Å². The van der Waals surface area contributed by atoms with E-state index in [1.54, 1.807) is 29.5 Å². The molecule has 0 saturated heterocycles. The molecule has 3 aromatic rings. The van der Waals surface area contributed by atoms with Crippen LogP contribution in [0.2, 0.25) is 0 Å². The highest BCUT2D eigenvalue weighted by Crippen LogP contribution is 2.32. The summed E-state index contributed by atoms with van der Waals surface area (Å²) in [6.07, 6.45) is -0.508. The molecular weight excluding hydrogens is 287 g/mol. The van der Waals surface area contributed by atoms with E-state index in [2.05, 4.69) is 0 Å². The lowest BCUT2D eigenvalue weighted by Gasteiger charge is -2.12. The number of rotatable bonds is 4. The van der Waals surface area contributed by atoms with Crippen LogP contribution in [0.1, 0.15) is 17.2 Å². The molecule has 4 heteroatoms. The van der Waals surface area contributed by atoms with Gasteiger partial charge in [0.15, 0.2) is 11.6 Å². The fraction of sp³-hybridized carbons (Fsp3) is 0.176. The minimum absolute atomic E-state index is 0.204. The van der Waals surface area contributed by atoms with Crippen molar-refractivity contribution in [3.05, 3.63) is 64.8 Å². The molecule has 0 bridgehead atoms. The number of halogens is 1. The molecule has 1 unspecified atom stereocenters. The second-order valence-electron chi connectivity index (χ2n) is 4.84. The van der Waals surface area contributed by atoms with Gasteiger partial charge in [-0.15, -0.1) is 11.3 Å². The normalized spacial score (nSPS) is 12.5. The molecule has 3 rings (SSSR count). The first-order valence-corrected chi connectivity index (χ1v) is 7.54. The number of methoxy groups -OCH3 is 1. The van der Waals surface area contributed by atoms with Gasteiger partial charge >= 0.3 is 0 Å². The number of aliphatic hydroxyl groups excluding tert-OH is 1. The summed E-state index contributed by atoms with van der Waals surface area (Å²) in [4.78, 5) is 0. The third kappa shape index (κ3) is 2.64. The van der Waals surface area contributed by atoms with Crippen molar-refractivity contribution in [3.63, 3.8) is 0 Å². The first-order chi connectivity index (χ1) is 10.2. The van der Waals surface area contributed by atoms with Gasteiger partial charge in [-0.25, -0.2) is 4.39 Å². The van der Waals surface area contributed by atoms with E-state index < -0.39 is 11.9 Å². The summed E-state index contributed by atoms with van der Waals surface area (Å²) in [5.74, 6) is -0.200. The molecule has 0 saturated carbocycles. The van der Waals surface area contributed by atoms with E-state index in [0.717, 1.165) is 15.6 Å². The SMILES string of the molecule is COc1cccc(CC(O)c2csc3ccccc23)c1F. The van der Waals surface area contributed by atoms with Crippen LogP contribution in [0.25, 0.3) is 10.1 Å². The highest BCUT2D eigenvalue weighted by molar-refractivity contribution is 7.17. The van der Waals surface area contributed by atoms with Crippen molar-refractivity contribution in [1.82, 2.24) is 0 Å². The molecule has 1 heterocycles. The van der Waals surface area contributed by atoms with Crippen molar-refractivity contribution in [1.29, 1.82) is 0 Å². The minimum atomic E-state index is -0.734. The molecule has 0 fully saturated rings. The van der Waals surface area contributed by atoms with Crippen molar-refractivity contribution in [3.8, 4) is 5.75 Å². The molecule has 0 amide bonds. The maximum absolute atomic E-state index is 14.2. The molecule has 1 atom stereocenters. The number of benzene rings is 2. The van der Waals surface area contributed by atoms with Crippen molar-refractivity contribution < 1.29 is 14.2 Å². The number of fused-ring (bicyclic) bond motifs is 1. The third-order valence-electron chi connectivity index (χ3n) is 3.55. The lowest BCUT2D eigenvalue weighted by atomic mass is 10.0. The Kier molecular flexibility index (Phi) is 3.90. The van der Waals surface area contributed by atoms with Gasteiger partial charge in [0.25, 0.3) is 0 Å². The van der Waals surface area contributed by atoms with Crippen LogP contribution in [0.3, 0.4) is 0 Å². The summed E-state index contributed by atoms with van der Waals surface area (Å²) in [6, 6.07) is 12.9. The predicted molar refractivity (Wildman–Crippen MR) is 83.4 cm³/mol.